The molecule has 116 valence electrons. The SMILES string of the molecule is COc1ccc(C(C)NC(=O)NC2CCCCC2)cc1Br. The van der Waals surface area contributed by atoms with Crippen molar-refractivity contribution < 1.29 is 9.53 Å². The van der Waals surface area contributed by atoms with Gasteiger partial charge in [-0.2, -0.15) is 0 Å². The molecule has 0 spiro atoms. The average molecular weight is 355 g/mol. The Hall–Kier alpha value is -1.23. The number of hydrogen-bond acceptors (Lipinski definition) is 2. The molecule has 1 atom stereocenters. The number of rotatable bonds is 4. The number of ether oxygens (including phenoxy) is 1. The van der Waals surface area contributed by atoms with Gasteiger partial charge in [-0.3, -0.25) is 0 Å². The second kappa shape index (κ2) is 7.69. The molecule has 0 saturated heterocycles. The molecule has 1 saturated carbocycles. The smallest absolute Gasteiger partial charge is 0.315 e. The van der Waals surface area contributed by atoms with E-state index >= 15 is 0 Å². The summed E-state index contributed by atoms with van der Waals surface area (Å²) in [6, 6.07) is 6.04. The number of halogens is 1. The molecule has 2 N–H and O–H groups in total. The highest BCUT2D eigenvalue weighted by Crippen LogP contribution is 2.28. The van der Waals surface area contributed by atoms with Crippen LogP contribution in [-0.2, 0) is 0 Å². The lowest BCUT2D eigenvalue weighted by Gasteiger charge is -2.24. The van der Waals surface area contributed by atoms with Crippen molar-refractivity contribution in [2.75, 3.05) is 7.11 Å². The van der Waals surface area contributed by atoms with Gasteiger partial charge < -0.3 is 15.4 Å². The van der Waals surface area contributed by atoms with Crippen LogP contribution >= 0.6 is 15.9 Å². The van der Waals surface area contributed by atoms with Gasteiger partial charge in [0.2, 0.25) is 0 Å². The number of urea groups is 1. The minimum atomic E-state index is -0.0821. The summed E-state index contributed by atoms with van der Waals surface area (Å²) in [7, 11) is 1.64. The van der Waals surface area contributed by atoms with Gasteiger partial charge in [0.15, 0.2) is 0 Å². The lowest BCUT2D eigenvalue weighted by molar-refractivity contribution is 0.229. The molecular formula is C16H23BrN2O2. The zero-order valence-corrected chi connectivity index (χ0v) is 14.2. The summed E-state index contributed by atoms with van der Waals surface area (Å²) in [5.74, 6) is 0.789. The molecule has 0 aliphatic heterocycles. The topological polar surface area (TPSA) is 50.4 Å². The Labute approximate surface area is 134 Å². The molecule has 5 heteroatoms. The van der Waals surface area contributed by atoms with E-state index in [1.54, 1.807) is 7.11 Å². The van der Waals surface area contributed by atoms with Crippen LogP contribution in [0.1, 0.15) is 50.6 Å². The molecule has 1 aromatic rings. The first-order valence-electron chi connectivity index (χ1n) is 7.50. The van der Waals surface area contributed by atoms with Gasteiger partial charge in [-0.25, -0.2) is 4.79 Å². The van der Waals surface area contributed by atoms with Crippen molar-refractivity contribution in [3.63, 3.8) is 0 Å². The molecule has 1 aliphatic rings. The molecule has 1 aromatic carbocycles. The third kappa shape index (κ3) is 4.63. The van der Waals surface area contributed by atoms with Gasteiger partial charge in [0, 0.05) is 6.04 Å². The molecule has 21 heavy (non-hydrogen) atoms. The molecule has 0 radical (unpaired) electrons. The van der Waals surface area contributed by atoms with E-state index in [-0.39, 0.29) is 12.1 Å². The molecule has 1 unspecified atom stereocenters. The van der Waals surface area contributed by atoms with E-state index in [1.807, 2.05) is 25.1 Å². The summed E-state index contributed by atoms with van der Waals surface area (Å²) >= 11 is 3.47. The van der Waals surface area contributed by atoms with Gasteiger partial charge in [0.05, 0.1) is 17.6 Å². The lowest BCUT2D eigenvalue weighted by Crippen LogP contribution is -2.43. The van der Waals surface area contributed by atoms with E-state index < -0.39 is 0 Å². The van der Waals surface area contributed by atoms with Crippen molar-refractivity contribution >= 4 is 22.0 Å². The van der Waals surface area contributed by atoms with E-state index in [0.717, 1.165) is 28.6 Å². The quantitative estimate of drug-likeness (QED) is 0.853. The third-order valence-corrected chi connectivity index (χ3v) is 4.58. The normalized spacial score (nSPS) is 17.1. The molecule has 1 aliphatic carbocycles. The Morgan fingerprint density at radius 3 is 2.67 bits per heavy atom. The van der Waals surface area contributed by atoms with Gasteiger partial charge >= 0.3 is 6.03 Å². The fourth-order valence-electron chi connectivity index (χ4n) is 2.71. The highest BCUT2D eigenvalue weighted by molar-refractivity contribution is 9.10. The molecule has 0 aromatic heterocycles. The summed E-state index contributed by atoms with van der Waals surface area (Å²) in [4.78, 5) is 12.0. The summed E-state index contributed by atoms with van der Waals surface area (Å²) in [6.45, 7) is 1.98. The van der Waals surface area contributed by atoms with Crippen LogP contribution in [0.2, 0.25) is 0 Å². The largest absolute Gasteiger partial charge is 0.496 e. The van der Waals surface area contributed by atoms with Crippen molar-refractivity contribution in [1.29, 1.82) is 0 Å². The van der Waals surface area contributed by atoms with Gasteiger partial charge in [-0.15, -0.1) is 0 Å². The molecule has 0 bridgehead atoms. The van der Waals surface area contributed by atoms with Crippen molar-refractivity contribution in [2.24, 2.45) is 0 Å². The maximum Gasteiger partial charge on any atom is 0.315 e. The van der Waals surface area contributed by atoms with Crippen LogP contribution in [0.25, 0.3) is 0 Å². The first-order chi connectivity index (χ1) is 10.1. The standard InChI is InChI=1S/C16H23BrN2O2/c1-11(12-8-9-15(21-2)14(17)10-12)18-16(20)19-13-6-4-3-5-7-13/h8-11,13H,3-7H2,1-2H3,(H2,18,19,20). The van der Waals surface area contributed by atoms with E-state index in [4.69, 9.17) is 4.74 Å². The lowest BCUT2D eigenvalue weighted by atomic mass is 9.96. The molecule has 0 heterocycles. The van der Waals surface area contributed by atoms with Crippen LogP contribution in [0.5, 0.6) is 5.75 Å². The van der Waals surface area contributed by atoms with Gasteiger partial charge in [-0.1, -0.05) is 25.3 Å². The predicted molar refractivity (Wildman–Crippen MR) is 87.6 cm³/mol. The molecule has 1 fully saturated rings. The number of nitrogens with one attached hydrogen (secondary N) is 2. The monoisotopic (exact) mass is 354 g/mol. The number of hydrogen-bond donors (Lipinski definition) is 2. The molecule has 4 nitrogen and oxygen atoms in total. The Bertz CT molecular complexity index is 487. The van der Waals surface area contributed by atoms with Crippen molar-refractivity contribution in [3.8, 4) is 5.75 Å². The number of carbonyl (C=O) groups is 1. The third-order valence-electron chi connectivity index (χ3n) is 3.96. The van der Waals surface area contributed by atoms with Gasteiger partial charge in [-0.05, 0) is 53.4 Å². The van der Waals surface area contributed by atoms with Crippen molar-refractivity contribution in [1.82, 2.24) is 10.6 Å². The number of amides is 2. The maximum absolute atomic E-state index is 12.0. The van der Waals surface area contributed by atoms with Crippen LogP contribution in [0, 0.1) is 0 Å². The summed E-state index contributed by atoms with van der Waals surface area (Å²) in [5.41, 5.74) is 1.04. The molecular weight excluding hydrogens is 332 g/mol. The van der Waals surface area contributed by atoms with Crippen LogP contribution in [0.3, 0.4) is 0 Å². The zero-order valence-electron chi connectivity index (χ0n) is 12.6. The summed E-state index contributed by atoms with van der Waals surface area (Å²) in [5, 5.41) is 6.07. The van der Waals surface area contributed by atoms with E-state index in [1.165, 1.54) is 19.3 Å². The minimum absolute atomic E-state index is 0.0456. The van der Waals surface area contributed by atoms with Crippen molar-refractivity contribution in [2.45, 2.75) is 51.1 Å². The summed E-state index contributed by atoms with van der Waals surface area (Å²) in [6.07, 6.45) is 5.90. The maximum atomic E-state index is 12.0. The Morgan fingerprint density at radius 2 is 2.05 bits per heavy atom. The summed E-state index contributed by atoms with van der Waals surface area (Å²) < 4.78 is 6.11. The van der Waals surface area contributed by atoms with Gasteiger partial charge in [0.1, 0.15) is 5.75 Å². The first-order valence-corrected chi connectivity index (χ1v) is 8.30. The van der Waals surface area contributed by atoms with E-state index in [9.17, 15) is 4.79 Å². The van der Waals surface area contributed by atoms with Crippen molar-refractivity contribution in [3.05, 3.63) is 28.2 Å². The Kier molecular flexibility index (Phi) is 5.91. The fraction of sp³-hybridized carbons (Fsp3) is 0.562. The van der Waals surface area contributed by atoms with Crippen LogP contribution in [0.4, 0.5) is 4.79 Å². The Morgan fingerprint density at radius 1 is 1.33 bits per heavy atom. The zero-order chi connectivity index (χ0) is 15.2. The number of carbonyl (C=O) groups excluding carboxylic acids is 1. The number of methoxy groups -OCH3 is 1. The fourth-order valence-corrected chi connectivity index (χ4v) is 3.26. The van der Waals surface area contributed by atoms with Crippen LogP contribution in [0.15, 0.2) is 22.7 Å². The molecule has 2 amide bonds. The molecule has 2 rings (SSSR count). The second-order valence-corrected chi connectivity index (χ2v) is 6.42. The van der Waals surface area contributed by atoms with Crippen LogP contribution < -0.4 is 15.4 Å². The highest BCUT2D eigenvalue weighted by atomic mass is 79.9. The van der Waals surface area contributed by atoms with E-state index in [2.05, 4.69) is 26.6 Å². The second-order valence-electron chi connectivity index (χ2n) is 5.57. The van der Waals surface area contributed by atoms with Crippen LogP contribution in [-0.4, -0.2) is 19.2 Å². The van der Waals surface area contributed by atoms with Gasteiger partial charge in [0.25, 0.3) is 0 Å². The predicted octanol–water partition coefficient (Wildman–Crippen LogP) is 4.15. The first kappa shape index (κ1) is 16.1. The average Bonchev–Trinajstić information content (AvgIpc) is 2.48. The minimum Gasteiger partial charge on any atom is -0.496 e. The number of benzene rings is 1. The highest BCUT2D eigenvalue weighted by Gasteiger charge is 2.17. The Balaban J connectivity index is 1.89. The van der Waals surface area contributed by atoms with E-state index in [0.29, 0.717) is 6.04 Å².